The van der Waals surface area contributed by atoms with Crippen LogP contribution in [0.25, 0.3) is 0 Å². The van der Waals surface area contributed by atoms with Gasteiger partial charge >= 0.3 is 0 Å². The molecule has 1 saturated carbocycles. The Labute approximate surface area is 107 Å². The molecule has 1 atom stereocenters. The molecule has 1 aliphatic heterocycles. The second-order valence-electron chi connectivity index (χ2n) is 5.32. The molecular weight excluding hydrogens is 228 g/mol. The van der Waals surface area contributed by atoms with Crippen LogP contribution in [0.3, 0.4) is 0 Å². The highest BCUT2D eigenvalue weighted by molar-refractivity contribution is 5.79. The summed E-state index contributed by atoms with van der Waals surface area (Å²) in [5.74, 6) is 1.36. The summed E-state index contributed by atoms with van der Waals surface area (Å²) < 4.78 is 5.37. The monoisotopic (exact) mass is 248 g/mol. The number of carbonyl (C=O) groups is 1. The molecule has 4 heteroatoms. The molecule has 0 radical (unpaired) electrons. The van der Waals surface area contributed by atoms with E-state index < -0.39 is 0 Å². The Morgan fingerprint density at radius 2 is 2.33 bits per heavy atom. The van der Waals surface area contributed by atoms with E-state index in [-0.39, 0.29) is 5.92 Å². The zero-order valence-electron chi connectivity index (χ0n) is 10.6. The van der Waals surface area contributed by atoms with Gasteiger partial charge in [0.2, 0.25) is 5.91 Å². The molecule has 2 aliphatic rings. The minimum absolute atomic E-state index is 0.161. The van der Waals surface area contributed by atoms with E-state index in [2.05, 4.69) is 5.32 Å². The lowest BCUT2D eigenvalue weighted by atomic mass is 9.98. The molecule has 0 spiro atoms. The second kappa shape index (κ2) is 5.14. The first-order valence-electron chi connectivity index (χ1n) is 6.88. The van der Waals surface area contributed by atoms with Crippen molar-refractivity contribution in [3.63, 3.8) is 0 Å². The summed E-state index contributed by atoms with van der Waals surface area (Å²) >= 11 is 0. The van der Waals surface area contributed by atoms with Gasteiger partial charge in [0.05, 0.1) is 18.7 Å². The van der Waals surface area contributed by atoms with Crippen molar-refractivity contribution >= 4 is 5.91 Å². The Morgan fingerprint density at radius 1 is 1.44 bits per heavy atom. The summed E-state index contributed by atoms with van der Waals surface area (Å²) in [6.45, 7) is 2.51. The van der Waals surface area contributed by atoms with Crippen LogP contribution in [0, 0.1) is 5.92 Å². The standard InChI is InChI=1S/C14H20N2O2/c17-14(11-3-1-7-15-9-11)16(12-5-6-12)10-13-4-2-8-18-13/h2,4,8,11-12,15H,1,3,5-7,9-10H2/t11-/m1/s1. The Kier molecular flexibility index (Phi) is 3.37. The first kappa shape index (κ1) is 11.8. The van der Waals surface area contributed by atoms with Crippen LogP contribution in [-0.4, -0.2) is 29.9 Å². The lowest BCUT2D eigenvalue weighted by molar-refractivity contribution is -0.137. The molecule has 98 valence electrons. The first-order chi connectivity index (χ1) is 8.84. The lowest BCUT2D eigenvalue weighted by Crippen LogP contribution is -2.43. The number of nitrogens with zero attached hydrogens (tertiary/aromatic N) is 1. The number of furan rings is 1. The molecule has 1 N–H and O–H groups in total. The lowest BCUT2D eigenvalue weighted by Gasteiger charge is -2.29. The number of hydrogen-bond donors (Lipinski definition) is 1. The van der Waals surface area contributed by atoms with E-state index in [0.717, 1.165) is 44.5 Å². The van der Waals surface area contributed by atoms with Crippen LogP contribution >= 0.6 is 0 Å². The minimum atomic E-state index is 0.161. The third-order valence-electron chi connectivity index (χ3n) is 3.82. The molecule has 1 saturated heterocycles. The van der Waals surface area contributed by atoms with Crippen molar-refractivity contribution in [2.45, 2.75) is 38.3 Å². The van der Waals surface area contributed by atoms with E-state index in [9.17, 15) is 4.79 Å². The van der Waals surface area contributed by atoms with Gasteiger partial charge in [-0.1, -0.05) is 0 Å². The zero-order chi connectivity index (χ0) is 12.4. The summed E-state index contributed by atoms with van der Waals surface area (Å²) in [7, 11) is 0. The summed E-state index contributed by atoms with van der Waals surface area (Å²) in [4.78, 5) is 14.6. The van der Waals surface area contributed by atoms with Crippen molar-refractivity contribution in [3.05, 3.63) is 24.2 Å². The van der Waals surface area contributed by atoms with Crippen molar-refractivity contribution in [2.75, 3.05) is 13.1 Å². The Morgan fingerprint density at radius 3 is 2.94 bits per heavy atom. The van der Waals surface area contributed by atoms with E-state index in [0.29, 0.717) is 18.5 Å². The first-order valence-corrected chi connectivity index (χ1v) is 6.88. The predicted octanol–water partition coefficient (Wildman–Crippen LogP) is 1.77. The number of rotatable bonds is 4. The smallest absolute Gasteiger partial charge is 0.227 e. The van der Waals surface area contributed by atoms with Crippen LogP contribution in [-0.2, 0) is 11.3 Å². The average molecular weight is 248 g/mol. The molecule has 1 amide bonds. The number of nitrogens with one attached hydrogen (secondary N) is 1. The summed E-state index contributed by atoms with van der Waals surface area (Å²) in [5.41, 5.74) is 0. The van der Waals surface area contributed by atoms with E-state index in [4.69, 9.17) is 4.42 Å². The molecule has 2 fully saturated rings. The molecular formula is C14H20N2O2. The van der Waals surface area contributed by atoms with Crippen LogP contribution in [0.15, 0.2) is 22.8 Å². The molecule has 1 aliphatic carbocycles. The van der Waals surface area contributed by atoms with E-state index >= 15 is 0 Å². The molecule has 0 aromatic carbocycles. The molecule has 0 unspecified atom stereocenters. The Balaban J connectivity index is 1.66. The fourth-order valence-corrected chi connectivity index (χ4v) is 2.64. The van der Waals surface area contributed by atoms with Gasteiger partial charge in [-0.3, -0.25) is 4.79 Å². The average Bonchev–Trinajstić information content (AvgIpc) is 3.13. The van der Waals surface area contributed by atoms with Gasteiger partial charge in [0.15, 0.2) is 0 Å². The van der Waals surface area contributed by atoms with Crippen molar-refractivity contribution < 1.29 is 9.21 Å². The normalized spacial score (nSPS) is 23.9. The summed E-state index contributed by atoms with van der Waals surface area (Å²) in [6, 6.07) is 4.28. The molecule has 1 aromatic rings. The van der Waals surface area contributed by atoms with E-state index in [1.54, 1.807) is 6.26 Å². The number of hydrogen-bond acceptors (Lipinski definition) is 3. The van der Waals surface area contributed by atoms with Crippen molar-refractivity contribution in [1.82, 2.24) is 10.2 Å². The van der Waals surface area contributed by atoms with Crippen molar-refractivity contribution in [3.8, 4) is 0 Å². The van der Waals surface area contributed by atoms with Crippen LogP contribution < -0.4 is 5.32 Å². The van der Waals surface area contributed by atoms with Gasteiger partial charge in [-0.2, -0.15) is 0 Å². The highest BCUT2D eigenvalue weighted by Crippen LogP contribution is 2.30. The highest BCUT2D eigenvalue weighted by atomic mass is 16.3. The van der Waals surface area contributed by atoms with Crippen LogP contribution in [0.1, 0.15) is 31.4 Å². The number of carbonyl (C=O) groups excluding carboxylic acids is 1. The van der Waals surface area contributed by atoms with Gasteiger partial charge in [0.1, 0.15) is 5.76 Å². The highest BCUT2D eigenvalue weighted by Gasteiger charge is 2.36. The maximum absolute atomic E-state index is 12.6. The van der Waals surface area contributed by atoms with Crippen LogP contribution in [0.2, 0.25) is 0 Å². The van der Waals surface area contributed by atoms with E-state index in [1.165, 1.54) is 0 Å². The Bertz CT molecular complexity index is 392. The molecule has 2 heterocycles. The number of piperidine rings is 1. The fraction of sp³-hybridized carbons (Fsp3) is 0.643. The van der Waals surface area contributed by atoms with Gasteiger partial charge in [0, 0.05) is 12.6 Å². The van der Waals surface area contributed by atoms with Gasteiger partial charge < -0.3 is 14.6 Å². The zero-order valence-corrected chi connectivity index (χ0v) is 10.6. The van der Waals surface area contributed by atoms with Gasteiger partial charge in [-0.25, -0.2) is 0 Å². The fourth-order valence-electron chi connectivity index (χ4n) is 2.64. The van der Waals surface area contributed by atoms with Gasteiger partial charge in [-0.15, -0.1) is 0 Å². The largest absolute Gasteiger partial charge is 0.467 e. The predicted molar refractivity (Wildman–Crippen MR) is 67.9 cm³/mol. The topological polar surface area (TPSA) is 45.5 Å². The van der Waals surface area contributed by atoms with E-state index in [1.807, 2.05) is 17.0 Å². The summed E-state index contributed by atoms with van der Waals surface area (Å²) in [5, 5.41) is 3.32. The molecule has 18 heavy (non-hydrogen) atoms. The molecule has 0 bridgehead atoms. The maximum Gasteiger partial charge on any atom is 0.227 e. The number of amides is 1. The second-order valence-corrected chi connectivity index (χ2v) is 5.32. The molecule has 1 aromatic heterocycles. The minimum Gasteiger partial charge on any atom is -0.467 e. The third kappa shape index (κ3) is 2.58. The van der Waals surface area contributed by atoms with Crippen LogP contribution in [0.4, 0.5) is 0 Å². The molecule has 4 nitrogen and oxygen atoms in total. The van der Waals surface area contributed by atoms with Gasteiger partial charge in [-0.05, 0) is 44.4 Å². The SMILES string of the molecule is O=C([C@@H]1CCCNC1)N(Cc1ccco1)C1CC1. The van der Waals surface area contributed by atoms with Crippen molar-refractivity contribution in [1.29, 1.82) is 0 Å². The molecule has 3 rings (SSSR count). The summed E-state index contributed by atoms with van der Waals surface area (Å²) in [6.07, 6.45) is 6.09. The van der Waals surface area contributed by atoms with Crippen molar-refractivity contribution in [2.24, 2.45) is 5.92 Å². The third-order valence-corrected chi connectivity index (χ3v) is 3.82. The quantitative estimate of drug-likeness (QED) is 0.883. The Hall–Kier alpha value is -1.29. The maximum atomic E-state index is 12.6. The van der Waals surface area contributed by atoms with Crippen LogP contribution in [0.5, 0.6) is 0 Å². The van der Waals surface area contributed by atoms with Gasteiger partial charge in [0.25, 0.3) is 0 Å².